The Morgan fingerprint density at radius 2 is 2.35 bits per heavy atom. The molecule has 1 amide bonds. The fraction of sp³-hybridized carbons (Fsp3) is 0.500. The van der Waals surface area contributed by atoms with Gasteiger partial charge in [0.25, 0.3) is 5.91 Å². The number of aromatic nitrogens is 1. The highest BCUT2D eigenvalue weighted by atomic mass is 16.5. The van der Waals surface area contributed by atoms with Gasteiger partial charge in [-0.1, -0.05) is 0 Å². The van der Waals surface area contributed by atoms with E-state index in [1.165, 1.54) is 0 Å². The molecule has 0 saturated heterocycles. The molecule has 0 unspecified atom stereocenters. The summed E-state index contributed by atoms with van der Waals surface area (Å²) in [6.07, 6.45) is 1.91. The molecule has 0 atom stereocenters. The van der Waals surface area contributed by atoms with E-state index in [-0.39, 0.29) is 5.91 Å². The Morgan fingerprint density at radius 1 is 1.55 bits per heavy atom. The number of anilines is 1. The molecule has 1 aromatic heterocycles. The van der Waals surface area contributed by atoms with Crippen LogP contribution in [0.1, 0.15) is 23.7 Å². The Morgan fingerprint density at radius 3 is 3.00 bits per heavy atom. The number of rotatable bonds is 8. The fourth-order valence-corrected chi connectivity index (χ4v) is 1.73. The van der Waals surface area contributed by atoms with E-state index in [2.05, 4.69) is 16.4 Å². The van der Waals surface area contributed by atoms with Crippen LogP contribution in [-0.2, 0) is 4.74 Å². The van der Waals surface area contributed by atoms with Crippen LogP contribution in [0.5, 0.6) is 0 Å². The summed E-state index contributed by atoms with van der Waals surface area (Å²) in [5.74, 6) is 0.559. The average Bonchev–Trinajstić information content (AvgIpc) is 2.47. The minimum Gasteiger partial charge on any atom is -0.383 e. The summed E-state index contributed by atoms with van der Waals surface area (Å²) in [4.78, 5) is 18.2. The summed E-state index contributed by atoms with van der Waals surface area (Å²) >= 11 is 0. The molecule has 0 radical (unpaired) electrons. The number of carbonyl (C=O) groups excluding carboxylic acids is 1. The Balaban J connectivity index is 2.81. The highest BCUT2D eigenvalue weighted by Gasteiger charge is 2.15. The van der Waals surface area contributed by atoms with Crippen LogP contribution in [0.25, 0.3) is 0 Å². The molecule has 20 heavy (non-hydrogen) atoms. The van der Waals surface area contributed by atoms with Crippen molar-refractivity contribution in [2.75, 3.05) is 38.7 Å². The van der Waals surface area contributed by atoms with Crippen molar-refractivity contribution in [3.05, 3.63) is 23.9 Å². The van der Waals surface area contributed by atoms with Gasteiger partial charge in [0, 0.05) is 38.5 Å². The number of ether oxygens (including phenoxy) is 1. The van der Waals surface area contributed by atoms with Crippen molar-refractivity contribution in [3.63, 3.8) is 0 Å². The number of nitrogens with zero attached hydrogens (tertiary/aromatic N) is 3. The molecule has 0 bridgehead atoms. The molecule has 6 heteroatoms. The minimum atomic E-state index is -0.112. The van der Waals surface area contributed by atoms with Crippen molar-refractivity contribution in [2.45, 2.75) is 13.3 Å². The molecule has 6 nitrogen and oxygen atoms in total. The van der Waals surface area contributed by atoms with E-state index < -0.39 is 0 Å². The third-order valence-corrected chi connectivity index (χ3v) is 2.71. The van der Waals surface area contributed by atoms with Crippen LogP contribution >= 0.6 is 0 Å². The second-order valence-electron chi connectivity index (χ2n) is 4.15. The summed E-state index contributed by atoms with van der Waals surface area (Å²) in [5, 5.41) is 11.7. The topological polar surface area (TPSA) is 78.2 Å². The first-order valence-corrected chi connectivity index (χ1v) is 6.58. The van der Waals surface area contributed by atoms with Crippen molar-refractivity contribution in [1.29, 1.82) is 5.26 Å². The molecular weight excluding hydrogens is 256 g/mol. The summed E-state index contributed by atoms with van der Waals surface area (Å²) in [5.41, 5.74) is 0.560. The van der Waals surface area contributed by atoms with Gasteiger partial charge in [-0.3, -0.25) is 4.79 Å². The first-order valence-electron chi connectivity index (χ1n) is 6.58. The number of amides is 1. The third kappa shape index (κ3) is 4.86. The van der Waals surface area contributed by atoms with E-state index in [0.29, 0.717) is 37.5 Å². The molecule has 1 aromatic rings. The van der Waals surface area contributed by atoms with Gasteiger partial charge in [0.05, 0.1) is 19.1 Å². The lowest BCUT2D eigenvalue weighted by Crippen LogP contribution is -2.34. The monoisotopic (exact) mass is 276 g/mol. The summed E-state index contributed by atoms with van der Waals surface area (Å²) in [7, 11) is 1.59. The molecule has 0 aliphatic heterocycles. The van der Waals surface area contributed by atoms with Crippen molar-refractivity contribution in [3.8, 4) is 6.07 Å². The molecule has 0 saturated carbocycles. The Kier molecular flexibility index (Phi) is 7.07. The van der Waals surface area contributed by atoms with E-state index in [1.807, 2.05) is 6.92 Å². The number of nitrogens with one attached hydrogen (secondary N) is 1. The molecule has 1 rings (SSSR count). The summed E-state index contributed by atoms with van der Waals surface area (Å²) < 4.78 is 5.00. The van der Waals surface area contributed by atoms with E-state index in [0.717, 1.165) is 6.54 Å². The zero-order chi connectivity index (χ0) is 14.8. The maximum Gasteiger partial charge on any atom is 0.254 e. The average molecular weight is 276 g/mol. The van der Waals surface area contributed by atoms with E-state index in [9.17, 15) is 4.79 Å². The molecule has 0 spiro atoms. The zero-order valence-corrected chi connectivity index (χ0v) is 11.9. The van der Waals surface area contributed by atoms with Gasteiger partial charge < -0.3 is 15.0 Å². The van der Waals surface area contributed by atoms with Crippen molar-refractivity contribution in [2.24, 2.45) is 0 Å². The smallest absolute Gasteiger partial charge is 0.254 e. The molecule has 0 aliphatic rings. The SMILES string of the molecule is CCNc1cc(C(=O)N(CCC#N)CCOC)ccn1. The fourth-order valence-electron chi connectivity index (χ4n) is 1.73. The maximum atomic E-state index is 12.4. The van der Waals surface area contributed by atoms with Crippen LogP contribution in [0.15, 0.2) is 18.3 Å². The summed E-state index contributed by atoms with van der Waals surface area (Å²) in [6, 6.07) is 5.45. The lowest BCUT2D eigenvalue weighted by Gasteiger charge is -2.21. The van der Waals surface area contributed by atoms with E-state index in [1.54, 1.807) is 30.3 Å². The van der Waals surface area contributed by atoms with Crippen molar-refractivity contribution in [1.82, 2.24) is 9.88 Å². The first-order chi connectivity index (χ1) is 9.72. The summed E-state index contributed by atoms with van der Waals surface area (Å²) in [6.45, 7) is 4.02. The van der Waals surface area contributed by atoms with Crippen LogP contribution in [0, 0.1) is 11.3 Å². The Bertz CT molecular complexity index is 470. The normalized spacial score (nSPS) is 9.85. The minimum absolute atomic E-state index is 0.112. The van der Waals surface area contributed by atoms with Gasteiger partial charge in [-0.05, 0) is 19.1 Å². The Labute approximate surface area is 119 Å². The number of carbonyl (C=O) groups is 1. The van der Waals surface area contributed by atoms with Gasteiger partial charge in [0.15, 0.2) is 0 Å². The molecule has 1 N–H and O–H groups in total. The molecule has 0 aromatic carbocycles. The van der Waals surface area contributed by atoms with Crippen LogP contribution in [-0.4, -0.2) is 49.1 Å². The molecule has 0 fully saturated rings. The lowest BCUT2D eigenvalue weighted by atomic mass is 10.2. The lowest BCUT2D eigenvalue weighted by molar-refractivity contribution is 0.0700. The maximum absolute atomic E-state index is 12.4. The molecular formula is C14H20N4O2. The second-order valence-corrected chi connectivity index (χ2v) is 4.15. The van der Waals surface area contributed by atoms with Crippen LogP contribution in [0.3, 0.4) is 0 Å². The molecule has 0 aliphatic carbocycles. The van der Waals surface area contributed by atoms with E-state index in [4.69, 9.17) is 10.00 Å². The molecule has 108 valence electrons. The highest BCUT2D eigenvalue weighted by Crippen LogP contribution is 2.10. The van der Waals surface area contributed by atoms with Gasteiger partial charge in [-0.2, -0.15) is 5.26 Å². The Hall–Kier alpha value is -2.13. The predicted molar refractivity (Wildman–Crippen MR) is 76.4 cm³/mol. The largest absolute Gasteiger partial charge is 0.383 e. The van der Waals surface area contributed by atoms with Crippen LogP contribution < -0.4 is 5.32 Å². The van der Waals surface area contributed by atoms with Gasteiger partial charge in [-0.15, -0.1) is 0 Å². The standard InChI is InChI=1S/C14H20N4O2/c1-3-16-13-11-12(5-7-17-13)14(19)18(8-4-6-15)9-10-20-2/h5,7,11H,3-4,8-10H2,1-2H3,(H,16,17). The number of methoxy groups -OCH3 is 1. The number of pyridine rings is 1. The highest BCUT2D eigenvalue weighted by molar-refractivity contribution is 5.94. The van der Waals surface area contributed by atoms with Gasteiger partial charge in [-0.25, -0.2) is 4.98 Å². The van der Waals surface area contributed by atoms with Gasteiger partial charge in [0.2, 0.25) is 0 Å². The first kappa shape index (κ1) is 15.9. The number of nitriles is 1. The van der Waals surface area contributed by atoms with Gasteiger partial charge in [0.1, 0.15) is 5.82 Å². The van der Waals surface area contributed by atoms with Crippen molar-refractivity contribution < 1.29 is 9.53 Å². The quantitative estimate of drug-likeness (QED) is 0.778. The zero-order valence-electron chi connectivity index (χ0n) is 11.9. The van der Waals surface area contributed by atoms with Crippen LogP contribution in [0.4, 0.5) is 5.82 Å². The van der Waals surface area contributed by atoms with Gasteiger partial charge >= 0.3 is 0 Å². The van der Waals surface area contributed by atoms with E-state index >= 15 is 0 Å². The third-order valence-electron chi connectivity index (χ3n) is 2.71. The van der Waals surface area contributed by atoms with Crippen LogP contribution in [0.2, 0.25) is 0 Å². The predicted octanol–water partition coefficient (Wildman–Crippen LogP) is 1.52. The second kappa shape index (κ2) is 8.88. The number of hydrogen-bond donors (Lipinski definition) is 1. The molecule has 1 heterocycles. The van der Waals surface area contributed by atoms with Crippen molar-refractivity contribution >= 4 is 11.7 Å². The number of hydrogen-bond acceptors (Lipinski definition) is 5.